The van der Waals surface area contributed by atoms with Gasteiger partial charge in [0.05, 0.1) is 21.3 Å². The van der Waals surface area contributed by atoms with Crippen molar-refractivity contribution in [2.45, 2.75) is 19.9 Å². The van der Waals surface area contributed by atoms with Crippen LogP contribution >= 0.6 is 24.0 Å². The fourth-order valence-electron chi connectivity index (χ4n) is 4.01. The van der Waals surface area contributed by atoms with Crippen molar-refractivity contribution in [3.8, 4) is 17.2 Å². The Morgan fingerprint density at radius 1 is 0.909 bits per heavy atom. The normalized spacial score (nSPS) is 14.5. The maximum atomic E-state index is 5.49. The van der Waals surface area contributed by atoms with Crippen LogP contribution in [0, 0.1) is 6.92 Å². The van der Waals surface area contributed by atoms with Crippen molar-refractivity contribution in [3.63, 3.8) is 0 Å². The van der Waals surface area contributed by atoms with Crippen molar-refractivity contribution in [1.82, 2.24) is 15.1 Å². The number of guanidine groups is 1. The number of nitrogens with one attached hydrogen (secondary N) is 1. The fourth-order valence-corrected chi connectivity index (χ4v) is 4.01. The largest absolute Gasteiger partial charge is 0.493 e. The Morgan fingerprint density at radius 3 is 2.03 bits per heavy atom. The molecule has 0 aromatic heterocycles. The zero-order chi connectivity index (χ0) is 22.9. The number of halogens is 1. The second kappa shape index (κ2) is 13.5. The quantitative estimate of drug-likeness (QED) is 0.299. The summed E-state index contributed by atoms with van der Waals surface area (Å²) in [7, 11) is 6.78. The van der Waals surface area contributed by atoms with E-state index in [1.807, 2.05) is 19.2 Å². The predicted octanol–water partition coefficient (Wildman–Crippen LogP) is 3.57. The van der Waals surface area contributed by atoms with Crippen LogP contribution in [-0.2, 0) is 13.0 Å². The lowest BCUT2D eigenvalue weighted by Gasteiger charge is -2.36. The van der Waals surface area contributed by atoms with Crippen LogP contribution < -0.4 is 19.5 Å². The molecule has 1 aliphatic rings. The number of hydrogen-bond donors (Lipinski definition) is 1. The Morgan fingerprint density at radius 2 is 1.52 bits per heavy atom. The van der Waals surface area contributed by atoms with Crippen LogP contribution in [0.4, 0.5) is 0 Å². The molecule has 33 heavy (non-hydrogen) atoms. The lowest BCUT2D eigenvalue weighted by atomic mass is 10.1. The topological polar surface area (TPSA) is 58.6 Å². The van der Waals surface area contributed by atoms with E-state index < -0.39 is 0 Å². The summed E-state index contributed by atoms with van der Waals surface area (Å²) in [5.41, 5.74) is 3.78. The monoisotopic (exact) mass is 568 g/mol. The molecule has 2 aromatic carbocycles. The van der Waals surface area contributed by atoms with Gasteiger partial charge in [-0.05, 0) is 36.6 Å². The van der Waals surface area contributed by atoms with Gasteiger partial charge >= 0.3 is 0 Å². The molecule has 0 atom stereocenters. The van der Waals surface area contributed by atoms with E-state index in [0.29, 0.717) is 17.2 Å². The molecule has 0 amide bonds. The number of benzene rings is 2. The van der Waals surface area contributed by atoms with Crippen molar-refractivity contribution in [1.29, 1.82) is 0 Å². The number of piperazine rings is 1. The Bertz CT molecular complexity index is 872. The fraction of sp³-hybridized carbons (Fsp3) is 0.480. The smallest absolute Gasteiger partial charge is 0.203 e. The molecule has 0 bridgehead atoms. The second-order valence-electron chi connectivity index (χ2n) is 8.01. The number of ether oxygens (including phenoxy) is 3. The molecule has 7 nitrogen and oxygen atoms in total. The predicted molar refractivity (Wildman–Crippen MR) is 145 cm³/mol. The molecule has 1 N–H and O–H groups in total. The molecule has 0 radical (unpaired) electrons. The van der Waals surface area contributed by atoms with Crippen LogP contribution in [-0.4, -0.2) is 76.9 Å². The molecular formula is C25H37IN4O3. The average molecular weight is 569 g/mol. The zero-order valence-corrected chi connectivity index (χ0v) is 22.7. The average Bonchev–Trinajstić information content (AvgIpc) is 2.83. The first-order valence-corrected chi connectivity index (χ1v) is 11.1. The molecule has 2 aromatic rings. The number of aliphatic imine (C=N–C) groups is 1. The van der Waals surface area contributed by atoms with Crippen LogP contribution in [0.1, 0.15) is 16.7 Å². The number of nitrogens with zero attached hydrogens (tertiary/aromatic N) is 3. The van der Waals surface area contributed by atoms with Crippen molar-refractivity contribution in [2.24, 2.45) is 4.99 Å². The van der Waals surface area contributed by atoms with E-state index in [0.717, 1.165) is 57.2 Å². The minimum Gasteiger partial charge on any atom is -0.493 e. The third-order valence-corrected chi connectivity index (χ3v) is 5.83. The first-order chi connectivity index (χ1) is 15.6. The first kappa shape index (κ1) is 27.0. The van der Waals surface area contributed by atoms with E-state index in [1.165, 1.54) is 11.1 Å². The molecule has 1 fully saturated rings. The van der Waals surface area contributed by atoms with Gasteiger partial charge in [-0.25, -0.2) is 0 Å². The van der Waals surface area contributed by atoms with Gasteiger partial charge in [0.1, 0.15) is 0 Å². The third-order valence-electron chi connectivity index (χ3n) is 5.83. The molecular weight excluding hydrogens is 531 g/mol. The van der Waals surface area contributed by atoms with E-state index >= 15 is 0 Å². The van der Waals surface area contributed by atoms with E-state index in [4.69, 9.17) is 14.2 Å². The van der Waals surface area contributed by atoms with Crippen molar-refractivity contribution in [3.05, 3.63) is 53.1 Å². The summed E-state index contributed by atoms with van der Waals surface area (Å²) in [4.78, 5) is 9.27. The highest BCUT2D eigenvalue weighted by atomic mass is 127. The van der Waals surface area contributed by atoms with Crippen molar-refractivity contribution < 1.29 is 14.2 Å². The van der Waals surface area contributed by atoms with Gasteiger partial charge in [-0.15, -0.1) is 24.0 Å². The van der Waals surface area contributed by atoms with Crippen LogP contribution in [0.25, 0.3) is 0 Å². The summed E-state index contributed by atoms with van der Waals surface area (Å²) in [6.07, 6.45) is 0.987. The van der Waals surface area contributed by atoms with Gasteiger partial charge in [-0.1, -0.05) is 29.8 Å². The summed E-state index contributed by atoms with van der Waals surface area (Å²) in [6, 6.07) is 12.8. The molecule has 8 heteroatoms. The second-order valence-corrected chi connectivity index (χ2v) is 8.01. The van der Waals surface area contributed by atoms with Gasteiger partial charge in [0.25, 0.3) is 0 Å². The minimum absolute atomic E-state index is 0. The third kappa shape index (κ3) is 7.40. The number of rotatable bonds is 8. The molecule has 1 saturated heterocycles. The summed E-state index contributed by atoms with van der Waals surface area (Å²) in [5.74, 6) is 2.99. The summed E-state index contributed by atoms with van der Waals surface area (Å²) < 4.78 is 16.4. The Balaban J connectivity index is 0.00000385. The van der Waals surface area contributed by atoms with Crippen LogP contribution in [0.2, 0.25) is 0 Å². The maximum Gasteiger partial charge on any atom is 0.203 e. The SMILES string of the molecule is CN=C(NCCc1ccc(C)cc1)N1CCN(Cc2cc(OC)c(OC)c(OC)c2)CC1.I. The standard InChI is InChI=1S/C25H36N4O3.HI/c1-19-6-8-20(9-7-19)10-11-27-25(26-2)29-14-12-28(13-15-29)18-21-16-22(30-3)24(32-5)23(17-21)31-4;/h6-9,16-17H,10-15,18H2,1-5H3,(H,26,27);1H. The van der Waals surface area contributed by atoms with Crippen molar-refractivity contribution in [2.75, 3.05) is 61.1 Å². The van der Waals surface area contributed by atoms with E-state index in [9.17, 15) is 0 Å². The lowest BCUT2D eigenvalue weighted by molar-refractivity contribution is 0.172. The molecule has 3 rings (SSSR count). The number of methoxy groups -OCH3 is 3. The zero-order valence-electron chi connectivity index (χ0n) is 20.4. The van der Waals surface area contributed by atoms with Crippen LogP contribution in [0.5, 0.6) is 17.2 Å². The van der Waals surface area contributed by atoms with Gasteiger partial charge in [-0.2, -0.15) is 0 Å². The van der Waals surface area contributed by atoms with Gasteiger partial charge in [-0.3, -0.25) is 9.89 Å². The number of hydrogen-bond acceptors (Lipinski definition) is 5. The molecule has 1 heterocycles. The molecule has 0 saturated carbocycles. The Kier molecular flexibility index (Phi) is 11.1. The van der Waals surface area contributed by atoms with Gasteiger partial charge < -0.3 is 24.4 Å². The van der Waals surface area contributed by atoms with E-state index in [-0.39, 0.29) is 24.0 Å². The van der Waals surface area contributed by atoms with Crippen LogP contribution in [0.3, 0.4) is 0 Å². The maximum absolute atomic E-state index is 5.49. The summed E-state index contributed by atoms with van der Waals surface area (Å²) in [5, 5.41) is 3.52. The lowest BCUT2D eigenvalue weighted by Crippen LogP contribution is -2.52. The van der Waals surface area contributed by atoms with Crippen LogP contribution in [0.15, 0.2) is 41.4 Å². The highest BCUT2D eigenvalue weighted by Gasteiger charge is 2.21. The first-order valence-electron chi connectivity index (χ1n) is 11.1. The van der Waals surface area contributed by atoms with Crippen molar-refractivity contribution >= 4 is 29.9 Å². The van der Waals surface area contributed by atoms with Gasteiger partial charge in [0.15, 0.2) is 17.5 Å². The summed E-state index contributed by atoms with van der Waals surface area (Å²) in [6.45, 7) is 7.64. The van der Waals surface area contributed by atoms with Gasteiger partial charge in [0, 0.05) is 46.3 Å². The molecule has 0 spiro atoms. The minimum atomic E-state index is 0. The summed E-state index contributed by atoms with van der Waals surface area (Å²) >= 11 is 0. The Hall–Kier alpha value is -2.20. The van der Waals surface area contributed by atoms with E-state index in [1.54, 1.807) is 21.3 Å². The Labute approximate surface area is 215 Å². The molecule has 0 aliphatic carbocycles. The number of aryl methyl sites for hydroxylation is 1. The van der Waals surface area contributed by atoms with E-state index in [2.05, 4.69) is 51.3 Å². The molecule has 182 valence electrons. The highest BCUT2D eigenvalue weighted by molar-refractivity contribution is 14.0. The molecule has 1 aliphatic heterocycles. The van der Waals surface area contributed by atoms with Gasteiger partial charge in [0.2, 0.25) is 5.75 Å². The molecule has 0 unspecified atom stereocenters. The highest BCUT2D eigenvalue weighted by Crippen LogP contribution is 2.38.